The molecule has 0 unspecified atom stereocenters. The van der Waals surface area contributed by atoms with Crippen LogP contribution in [0.4, 0.5) is 28.6 Å². The predicted molar refractivity (Wildman–Crippen MR) is 80.0 cm³/mol. The second kappa shape index (κ2) is 6.81. The molecule has 0 aliphatic rings. The molecule has 0 atom stereocenters. The van der Waals surface area contributed by atoms with Crippen molar-refractivity contribution in [3.8, 4) is 0 Å². The molecule has 130 valence electrons. The third-order valence-corrected chi connectivity index (χ3v) is 3.09. The Balaban J connectivity index is 2.58. The van der Waals surface area contributed by atoms with Gasteiger partial charge in [0.15, 0.2) is 0 Å². The Morgan fingerprint density at radius 3 is 2.38 bits per heavy atom. The van der Waals surface area contributed by atoms with Crippen LogP contribution in [-0.4, -0.2) is 30.0 Å². The highest BCUT2D eigenvalue weighted by molar-refractivity contribution is 5.98. The largest absolute Gasteiger partial charge is 0.450 e. The summed E-state index contributed by atoms with van der Waals surface area (Å²) in [6.45, 7) is 3.28. The first-order valence-corrected chi connectivity index (χ1v) is 7.11. The van der Waals surface area contributed by atoms with Crippen LogP contribution < -0.4 is 5.32 Å². The number of rotatable bonds is 3. The van der Waals surface area contributed by atoms with E-state index in [9.17, 15) is 22.8 Å². The molecule has 0 aliphatic carbocycles. The molecule has 2 aromatic rings. The molecule has 24 heavy (non-hydrogen) atoms. The quantitative estimate of drug-likeness (QED) is 0.904. The van der Waals surface area contributed by atoms with Gasteiger partial charge in [-0.25, -0.2) is 14.2 Å². The third kappa shape index (κ3) is 3.61. The van der Waals surface area contributed by atoms with Gasteiger partial charge in [0.2, 0.25) is 0 Å². The van der Waals surface area contributed by atoms with Gasteiger partial charge in [0, 0.05) is 5.39 Å². The van der Waals surface area contributed by atoms with E-state index >= 15 is 0 Å². The summed E-state index contributed by atoms with van der Waals surface area (Å²) in [5.74, 6) is -0.0405. The molecular formula is C15H15F3N2O4. The summed E-state index contributed by atoms with van der Waals surface area (Å²) < 4.78 is 49.1. The summed E-state index contributed by atoms with van der Waals surface area (Å²) in [6.07, 6.45) is -6.30. The van der Waals surface area contributed by atoms with E-state index in [1.54, 1.807) is 13.8 Å². The second-order valence-corrected chi connectivity index (χ2v) is 4.68. The number of fused-ring (bicyclic) bond motifs is 1. The van der Waals surface area contributed by atoms with Crippen molar-refractivity contribution in [2.45, 2.75) is 20.0 Å². The molecule has 1 aromatic carbocycles. The summed E-state index contributed by atoms with van der Waals surface area (Å²) in [6, 6.07) is 4.29. The zero-order valence-electron chi connectivity index (χ0n) is 12.9. The van der Waals surface area contributed by atoms with Gasteiger partial charge in [-0.2, -0.15) is 13.2 Å². The van der Waals surface area contributed by atoms with Gasteiger partial charge in [0.25, 0.3) is 0 Å². The summed E-state index contributed by atoms with van der Waals surface area (Å²) in [5, 5.41) is 2.65. The first kappa shape index (κ1) is 17.6. The van der Waals surface area contributed by atoms with Crippen LogP contribution in [0, 0.1) is 0 Å². The normalized spacial score (nSPS) is 11.4. The summed E-state index contributed by atoms with van der Waals surface area (Å²) in [4.78, 5) is 23.7. The van der Waals surface area contributed by atoms with Gasteiger partial charge in [0.05, 0.1) is 24.3 Å². The standard InChI is InChI=1S/C15H15F3N2O4/c1-3-23-13(21)19-12-7-9-5-6-10(15(16,17)18)8-11(9)20(12)14(22)24-4-2/h5-8H,3-4H2,1-2H3,(H,19,21). The average molecular weight is 344 g/mol. The van der Waals surface area contributed by atoms with Crippen LogP contribution in [0.2, 0.25) is 0 Å². The molecule has 2 rings (SSSR count). The molecule has 0 aliphatic heterocycles. The van der Waals surface area contributed by atoms with E-state index in [1.807, 2.05) is 0 Å². The van der Waals surface area contributed by atoms with E-state index < -0.39 is 23.9 Å². The smallest absolute Gasteiger partial charge is 0.420 e. The lowest BCUT2D eigenvalue weighted by Gasteiger charge is -2.11. The number of aromatic nitrogens is 1. The first-order valence-electron chi connectivity index (χ1n) is 7.11. The van der Waals surface area contributed by atoms with Crippen molar-refractivity contribution in [3.05, 3.63) is 29.8 Å². The number of ether oxygens (including phenoxy) is 2. The molecule has 9 heteroatoms. The van der Waals surface area contributed by atoms with Gasteiger partial charge in [-0.15, -0.1) is 0 Å². The fraction of sp³-hybridized carbons (Fsp3) is 0.333. The number of alkyl halides is 3. The number of nitrogens with zero attached hydrogens (tertiary/aromatic N) is 1. The summed E-state index contributed by atoms with van der Waals surface area (Å²) >= 11 is 0. The Morgan fingerprint density at radius 2 is 1.79 bits per heavy atom. The fourth-order valence-electron chi connectivity index (χ4n) is 2.13. The molecule has 0 fully saturated rings. The Labute approximate surface area is 135 Å². The Morgan fingerprint density at radius 1 is 1.12 bits per heavy atom. The van der Waals surface area contributed by atoms with Gasteiger partial charge in [-0.05, 0) is 32.0 Å². The highest BCUT2D eigenvalue weighted by Crippen LogP contribution is 2.33. The Hall–Kier alpha value is -2.71. The summed E-state index contributed by atoms with van der Waals surface area (Å²) in [7, 11) is 0. The maximum Gasteiger partial charge on any atom is 0.420 e. The molecule has 0 saturated carbocycles. The van der Waals surface area contributed by atoms with Gasteiger partial charge in [0.1, 0.15) is 5.82 Å². The molecule has 0 spiro atoms. The zero-order valence-corrected chi connectivity index (χ0v) is 12.9. The van der Waals surface area contributed by atoms with E-state index in [0.717, 1.165) is 16.7 Å². The fourth-order valence-corrected chi connectivity index (χ4v) is 2.13. The highest BCUT2D eigenvalue weighted by Gasteiger charge is 2.31. The van der Waals surface area contributed by atoms with Crippen molar-refractivity contribution >= 4 is 28.9 Å². The van der Waals surface area contributed by atoms with Crippen molar-refractivity contribution < 1.29 is 32.2 Å². The minimum absolute atomic E-state index is 0.0241. The minimum Gasteiger partial charge on any atom is -0.450 e. The van der Waals surface area contributed by atoms with Crippen LogP contribution in [0.3, 0.4) is 0 Å². The zero-order chi connectivity index (χ0) is 17.9. The van der Waals surface area contributed by atoms with Crippen LogP contribution in [0.1, 0.15) is 19.4 Å². The van der Waals surface area contributed by atoms with Crippen LogP contribution in [0.25, 0.3) is 10.9 Å². The SMILES string of the molecule is CCOC(=O)Nc1cc2ccc(C(F)(F)F)cc2n1C(=O)OCC. The monoisotopic (exact) mass is 344 g/mol. The molecule has 1 aromatic heterocycles. The molecule has 6 nitrogen and oxygen atoms in total. The lowest BCUT2D eigenvalue weighted by atomic mass is 10.1. The number of amides is 1. The van der Waals surface area contributed by atoms with Crippen LogP contribution in [0.15, 0.2) is 24.3 Å². The van der Waals surface area contributed by atoms with E-state index in [2.05, 4.69) is 5.32 Å². The van der Waals surface area contributed by atoms with E-state index in [0.29, 0.717) is 5.39 Å². The van der Waals surface area contributed by atoms with E-state index in [4.69, 9.17) is 9.47 Å². The lowest BCUT2D eigenvalue weighted by molar-refractivity contribution is -0.137. The van der Waals surface area contributed by atoms with Crippen molar-refractivity contribution in [2.24, 2.45) is 0 Å². The van der Waals surface area contributed by atoms with Gasteiger partial charge in [-0.1, -0.05) is 6.07 Å². The molecule has 1 N–H and O–H groups in total. The number of hydrogen-bond donors (Lipinski definition) is 1. The number of benzene rings is 1. The van der Waals surface area contributed by atoms with Crippen molar-refractivity contribution in [1.82, 2.24) is 4.57 Å². The maximum absolute atomic E-state index is 12.9. The van der Waals surface area contributed by atoms with Gasteiger partial charge < -0.3 is 9.47 Å². The predicted octanol–water partition coefficient (Wildman–Crippen LogP) is 4.23. The molecule has 0 radical (unpaired) electrons. The molecule has 0 saturated heterocycles. The molecular weight excluding hydrogens is 329 g/mol. The number of halogens is 3. The Bertz CT molecular complexity index is 768. The topological polar surface area (TPSA) is 69.6 Å². The molecule has 1 heterocycles. The number of carbonyl (C=O) groups is 2. The maximum atomic E-state index is 12.9. The number of hydrogen-bond acceptors (Lipinski definition) is 4. The number of nitrogens with one attached hydrogen (secondary N) is 1. The minimum atomic E-state index is -4.56. The average Bonchev–Trinajstić information content (AvgIpc) is 2.83. The molecule has 0 bridgehead atoms. The van der Waals surface area contributed by atoms with Crippen molar-refractivity contribution in [1.29, 1.82) is 0 Å². The van der Waals surface area contributed by atoms with Crippen LogP contribution in [-0.2, 0) is 15.7 Å². The Kier molecular flexibility index (Phi) is 5.01. The van der Waals surface area contributed by atoms with Gasteiger partial charge in [-0.3, -0.25) is 5.32 Å². The van der Waals surface area contributed by atoms with E-state index in [-0.39, 0.29) is 24.5 Å². The second-order valence-electron chi connectivity index (χ2n) is 4.68. The third-order valence-electron chi connectivity index (χ3n) is 3.09. The van der Waals surface area contributed by atoms with Crippen LogP contribution in [0.5, 0.6) is 0 Å². The van der Waals surface area contributed by atoms with Crippen LogP contribution >= 0.6 is 0 Å². The lowest BCUT2D eigenvalue weighted by Crippen LogP contribution is -2.20. The van der Waals surface area contributed by atoms with Crippen molar-refractivity contribution in [2.75, 3.05) is 18.5 Å². The van der Waals surface area contributed by atoms with Crippen molar-refractivity contribution in [3.63, 3.8) is 0 Å². The highest BCUT2D eigenvalue weighted by atomic mass is 19.4. The van der Waals surface area contributed by atoms with Gasteiger partial charge >= 0.3 is 18.4 Å². The first-order chi connectivity index (χ1) is 11.3. The summed E-state index contributed by atoms with van der Waals surface area (Å²) in [5.41, 5.74) is -0.948. The number of carbonyl (C=O) groups excluding carboxylic acids is 2. The van der Waals surface area contributed by atoms with E-state index in [1.165, 1.54) is 12.1 Å². The number of anilines is 1. The molecule has 1 amide bonds.